The molecule has 1 fully saturated rings. The number of amides is 2. The maximum absolute atomic E-state index is 12.3. The van der Waals surface area contributed by atoms with Crippen molar-refractivity contribution >= 4 is 12.0 Å². The van der Waals surface area contributed by atoms with Crippen molar-refractivity contribution < 1.29 is 19.1 Å². The molecule has 0 aliphatic carbocycles. The van der Waals surface area contributed by atoms with Gasteiger partial charge in [-0.25, -0.2) is 4.79 Å². The quantitative estimate of drug-likeness (QED) is 0.757. The summed E-state index contributed by atoms with van der Waals surface area (Å²) in [6, 6.07) is 6.16. The second-order valence-electron chi connectivity index (χ2n) is 6.69. The summed E-state index contributed by atoms with van der Waals surface area (Å²) in [5.74, 6) is 1.08. The number of likely N-dealkylation sites (tertiary alicyclic amines) is 1. The van der Waals surface area contributed by atoms with Crippen LogP contribution < -0.4 is 10.1 Å². The van der Waals surface area contributed by atoms with Crippen molar-refractivity contribution in [1.29, 1.82) is 0 Å². The van der Waals surface area contributed by atoms with Crippen molar-refractivity contribution in [3.8, 4) is 5.75 Å². The number of carbonyl (C=O) groups is 2. The minimum absolute atomic E-state index is 0.0884. The zero-order valence-electron chi connectivity index (χ0n) is 16.0. The van der Waals surface area contributed by atoms with E-state index in [1.54, 1.807) is 6.92 Å². The predicted octanol–water partition coefficient (Wildman–Crippen LogP) is 3.20. The number of hydrogen-bond donors (Lipinski definition) is 1. The Labute approximate surface area is 155 Å². The molecule has 0 aromatic heterocycles. The first-order valence-electron chi connectivity index (χ1n) is 9.41. The monoisotopic (exact) mass is 362 g/mol. The Hall–Kier alpha value is -2.24. The van der Waals surface area contributed by atoms with Crippen LogP contribution in [0.25, 0.3) is 0 Å². The fourth-order valence-electron chi connectivity index (χ4n) is 3.20. The number of piperidine rings is 1. The van der Waals surface area contributed by atoms with Crippen LogP contribution in [0.5, 0.6) is 5.75 Å². The number of benzene rings is 1. The summed E-state index contributed by atoms with van der Waals surface area (Å²) < 4.78 is 10.8. The van der Waals surface area contributed by atoms with Gasteiger partial charge in [0.2, 0.25) is 5.91 Å². The summed E-state index contributed by atoms with van der Waals surface area (Å²) in [7, 11) is 0. The minimum Gasteiger partial charge on any atom is -0.493 e. The van der Waals surface area contributed by atoms with E-state index in [-0.39, 0.29) is 18.0 Å². The number of alkyl carbamates (subject to hydrolysis) is 1. The molecule has 0 spiro atoms. The molecule has 1 aromatic rings. The minimum atomic E-state index is -0.374. The number of carbonyl (C=O) groups excluding carboxylic acids is 2. The molecule has 0 radical (unpaired) electrons. The predicted molar refractivity (Wildman–Crippen MR) is 100 cm³/mol. The SMILES string of the molecule is CCOC(=O)NC1CCN(C(=O)CCCOc2c(C)cccc2C)CC1. The molecule has 1 saturated heterocycles. The molecule has 26 heavy (non-hydrogen) atoms. The third-order valence-electron chi connectivity index (χ3n) is 4.64. The lowest BCUT2D eigenvalue weighted by atomic mass is 10.0. The van der Waals surface area contributed by atoms with Crippen LogP contribution in [0.2, 0.25) is 0 Å². The van der Waals surface area contributed by atoms with Crippen molar-refractivity contribution in [2.45, 2.75) is 52.5 Å². The lowest BCUT2D eigenvalue weighted by molar-refractivity contribution is -0.132. The van der Waals surface area contributed by atoms with E-state index in [1.165, 1.54) is 0 Å². The molecule has 1 aliphatic rings. The standard InChI is InChI=1S/C20H30N2O4/c1-4-25-20(24)21-17-10-12-22(13-11-17)18(23)9-6-14-26-19-15(2)7-5-8-16(19)3/h5,7-8,17H,4,6,9-14H2,1-3H3,(H,21,24). The maximum Gasteiger partial charge on any atom is 0.407 e. The number of ether oxygens (including phenoxy) is 2. The van der Waals surface area contributed by atoms with Gasteiger partial charge in [-0.1, -0.05) is 18.2 Å². The summed E-state index contributed by atoms with van der Waals surface area (Å²) in [4.78, 5) is 25.6. The molecule has 2 amide bonds. The Morgan fingerprint density at radius 1 is 1.19 bits per heavy atom. The third-order valence-corrected chi connectivity index (χ3v) is 4.64. The largest absolute Gasteiger partial charge is 0.493 e. The van der Waals surface area contributed by atoms with E-state index in [9.17, 15) is 9.59 Å². The Morgan fingerprint density at radius 3 is 2.46 bits per heavy atom. The van der Waals surface area contributed by atoms with Gasteiger partial charge in [0.25, 0.3) is 0 Å². The first-order chi connectivity index (χ1) is 12.5. The summed E-state index contributed by atoms with van der Waals surface area (Å²) >= 11 is 0. The molecule has 144 valence electrons. The lowest BCUT2D eigenvalue weighted by Gasteiger charge is -2.32. The highest BCUT2D eigenvalue weighted by Crippen LogP contribution is 2.22. The van der Waals surface area contributed by atoms with Gasteiger partial charge in [0, 0.05) is 25.6 Å². The van der Waals surface area contributed by atoms with Gasteiger partial charge in [-0.2, -0.15) is 0 Å². The molecule has 0 unspecified atom stereocenters. The van der Waals surface area contributed by atoms with Gasteiger partial charge in [0.15, 0.2) is 0 Å². The average molecular weight is 362 g/mol. The van der Waals surface area contributed by atoms with E-state index in [2.05, 4.69) is 5.32 Å². The van der Waals surface area contributed by atoms with Crippen LogP contribution in [0, 0.1) is 13.8 Å². The molecular formula is C20H30N2O4. The average Bonchev–Trinajstić information content (AvgIpc) is 2.61. The van der Waals surface area contributed by atoms with Crippen LogP contribution in [0.1, 0.15) is 43.7 Å². The Balaban J connectivity index is 1.66. The zero-order chi connectivity index (χ0) is 18.9. The van der Waals surface area contributed by atoms with Gasteiger partial charge in [-0.3, -0.25) is 4.79 Å². The normalized spacial score (nSPS) is 14.8. The number of nitrogens with one attached hydrogen (secondary N) is 1. The molecule has 1 aromatic carbocycles. The number of hydrogen-bond acceptors (Lipinski definition) is 4. The number of para-hydroxylation sites is 1. The summed E-state index contributed by atoms with van der Waals surface area (Å²) in [6.45, 7) is 8.10. The Bertz CT molecular complexity index is 590. The van der Waals surface area contributed by atoms with Gasteiger partial charge in [-0.15, -0.1) is 0 Å². The van der Waals surface area contributed by atoms with E-state index in [4.69, 9.17) is 9.47 Å². The lowest BCUT2D eigenvalue weighted by Crippen LogP contribution is -2.46. The van der Waals surface area contributed by atoms with Gasteiger partial charge in [0.1, 0.15) is 5.75 Å². The topological polar surface area (TPSA) is 67.9 Å². The highest BCUT2D eigenvalue weighted by molar-refractivity contribution is 5.76. The van der Waals surface area contributed by atoms with Gasteiger partial charge >= 0.3 is 6.09 Å². The van der Waals surface area contributed by atoms with E-state index in [0.29, 0.717) is 39.1 Å². The summed E-state index contributed by atoms with van der Waals surface area (Å²) in [5.41, 5.74) is 2.24. The van der Waals surface area contributed by atoms with Crippen molar-refractivity contribution in [2.24, 2.45) is 0 Å². The summed E-state index contributed by atoms with van der Waals surface area (Å²) in [5, 5.41) is 2.84. The van der Waals surface area contributed by atoms with Crippen molar-refractivity contribution in [3.63, 3.8) is 0 Å². The fraction of sp³-hybridized carbons (Fsp3) is 0.600. The molecular weight excluding hydrogens is 332 g/mol. The Kier molecular flexibility index (Phi) is 7.75. The maximum atomic E-state index is 12.3. The second kappa shape index (κ2) is 10.0. The summed E-state index contributed by atoms with van der Waals surface area (Å²) in [6.07, 6.45) is 2.35. The molecule has 1 heterocycles. The molecule has 0 bridgehead atoms. The van der Waals surface area contributed by atoms with Crippen LogP contribution >= 0.6 is 0 Å². The van der Waals surface area contributed by atoms with Crippen molar-refractivity contribution in [1.82, 2.24) is 10.2 Å². The molecule has 0 atom stereocenters. The van der Waals surface area contributed by atoms with E-state index in [0.717, 1.165) is 29.7 Å². The first-order valence-corrected chi connectivity index (χ1v) is 9.41. The van der Waals surface area contributed by atoms with Gasteiger partial charge in [0.05, 0.1) is 13.2 Å². The highest BCUT2D eigenvalue weighted by Gasteiger charge is 2.23. The molecule has 6 heteroatoms. The zero-order valence-corrected chi connectivity index (χ0v) is 16.0. The van der Waals surface area contributed by atoms with E-state index < -0.39 is 0 Å². The smallest absolute Gasteiger partial charge is 0.407 e. The third kappa shape index (κ3) is 5.93. The molecule has 6 nitrogen and oxygen atoms in total. The van der Waals surface area contributed by atoms with Gasteiger partial charge < -0.3 is 19.7 Å². The number of aryl methyl sites for hydroxylation is 2. The first kappa shape index (κ1) is 20.1. The van der Waals surface area contributed by atoms with Crippen LogP contribution in [-0.2, 0) is 9.53 Å². The number of rotatable bonds is 7. The van der Waals surface area contributed by atoms with Crippen LogP contribution in [-0.4, -0.2) is 49.2 Å². The molecule has 1 aliphatic heterocycles. The van der Waals surface area contributed by atoms with Crippen LogP contribution in [0.15, 0.2) is 18.2 Å². The van der Waals surface area contributed by atoms with E-state index >= 15 is 0 Å². The second-order valence-corrected chi connectivity index (χ2v) is 6.69. The molecule has 0 saturated carbocycles. The fourth-order valence-corrected chi connectivity index (χ4v) is 3.20. The molecule has 2 rings (SSSR count). The van der Waals surface area contributed by atoms with Crippen LogP contribution in [0.4, 0.5) is 4.79 Å². The van der Waals surface area contributed by atoms with Crippen molar-refractivity contribution in [2.75, 3.05) is 26.3 Å². The van der Waals surface area contributed by atoms with E-state index in [1.807, 2.05) is 36.9 Å². The van der Waals surface area contributed by atoms with Crippen LogP contribution in [0.3, 0.4) is 0 Å². The number of nitrogens with zero attached hydrogens (tertiary/aromatic N) is 1. The Morgan fingerprint density at radius 2 is 1.85 bits per heavy atom. The highest BCUT2D eigenvalue weighted by atomic mass is 16.5. The van der Waals surface area contributed by atoms with Crippen molar-refractivity contribution in [3.05, 3.63) is 29.3 Å². The van der Waals surface area contributed by atoms with Gasteiger partial charge in [-0.05, 0) is 51.2 Å². The molecule has 1 N–H and O–H groups in total.